The van der Waals surface area contributed by atoms with E-state index >= 15 is 0 Å². The van der Waals surface area contributed by atoms with Gasteiger partial charge in [-0.05, 0) is 49.3 Å². The van der Waals surface area contributed by atoms with Gasteiger partial charge in [0.1, 0.15) is 5.82 Å². The van der Waals surface area contributed by atoms with Crippen LogP contribution in [-0.4, -0.2) is 19.1 Å². The monoisotopic (exact) mass is 290 g/mol. The van der Waals surface area contributed by atoms with Crippen LogP contribution in [0.2, 0.25) is 0 Å². The highest BCUT2D eigenvalue weighted by Crippen LogP contribution is 2.26. The predicted molar refractivity (Wildman–Crippen MR) is 86.1 cm³/mol. The maximum absolute atomic E-state index is 14.0. The van der Waals surface area contributed by atoms with Crippen LogP contribution in [0.1, 0.15) is 51.0 Å². The molecule has 0 spiro atoms. The Balaban J connectivity index is 1.63. The maximum Gasteiger partial charge on any atom is 0.146 e. The molecule has 1 saturated carbocycles. The first-order chi connectivity index (χ1) is 10.2. The molecule has 1 heterocycles. The Labute approximate surface area is 127 Å². The summed E-state index contributed by atoms with van der Waals surface area (Å²) in [5, 5.41) is 3.68. The molecule has 1 N–H and O–H groups in total. The van der Waals surface area contributed by atoms with Crippen molar-refractivity contribution < 1.29 is 4.39 Å². The van der Waals surface area contributed by atoms with E-state index in [2.05, 4.69) is 17.1 Å². The fourth-order valence-electron chi connectivity index (χ4n) is 3.74. The van der Waals surface area contributed by atoms with E-state index in [1.54, 1.807) is 6.07 Å². The molecule has 2 atom stereocenters. The van der Waals surface area contributed by atoms with Gasteiger partial charge in [-0.1, -0.05) is 25.8 Å². The molecule has 3 heteroatoms. The zero-order valence-corrected chi connectivity index (χ0v) is 13.1. The number of benzene rings is 1. The summed E-state index contributed by atoms with van der Waals surface area (Å²) < 4.78 is 14.0. The Hall–Kier alpha value is -1.09. The van der Waals surface area contributed by atoms with Crippen LogP contribution in [0.5, 0.6) is 0 Å². The third-order valence-corrected chi connectivity index (χ3v) is 5.14. The smallest absolute Gasteiger partial charge is 0.146 e. The number of nitrogens with one attached hydrogen (secondary N) is 1. The van der Waals surface area contributed by atoms with Crippen molar-refractivity contribution in [1.82, 2.24) is 5.32 Å². The minimum atomic E-state index is -0.0771. The number of hydrogen-bond acceptors (Lipinski definition) is 2. The zero-order valence-electron chi connectivity index (χ0n) is 13.1. The molecule has 0 radical (unpaired) electrons. The summed E-state index contributed by atoms with van der Waals surface area (Å²) in [4.78, 5) is 2.18. The molecular weight excluding hydrogens is 263 g/mol. The van der Waals surface area contributed by atoms with Crippen LogP contribution in [0.25, 0.3) is 0 Å². The molecule has 21 heavy (non-hydrogen) atoms. The molecule has 0 amide bonds. The maximum atomic E-state index is 14.0. The van der Waals surface area contributed by atoms with Gasteiger partial charge in [0.25, 0.3) is 0 Å². The van der Waals surface area contributed by atoms with Crippen molar-refractivity contribution >= 4 is 5.69 Å². The van der Waals surface area contributed by atoms with Gasteiger partial charge in [-0.15, -0.1) is 0 Å². The second-order valence-corrected chi connectivity index (χ2v) is 6.73. The second kappa shape index (κ2) is 6.78. The molecule has 1 aliphatic heterocycles. The zero-order chi connectivity index (χ0) is 14.7. The van der Waals surface area contributed by atoms with Crippen molar-refractivity contribution in [2.45, 2.75) is 58.0 Å². The largest absolute Gasteiger partial charge is 0.369 e. The van der Waals surface area contributed by atoms with Gasteiger partial charge in [0.15, 0.2) is 0 Å². The molecule has 2 fully saturated rings. The van der Waals surface area contributed by atoms with E-state index in [0.29, 0.717) is 6.04 Å². The topological polar surface area (TPSA) is 15.3 Å². The van der Waals surface area contributed by atoms with Crippen LogP contribution in [-0.2, 0) is 6.54 Å². The van der Waals surface area contributed by atoms with Gasteiger partial charge in [0.05, 0.1) is 5.69 Å². The highest BCUT2D eigenvalue weighted by atomic mass is 19.1. The van der Waals surface area contributed by atoms with Crippen LogP contribution in [0.3, 0.4) is 0 Å². The summed E-state index contributed by atoms with van der Waals surface area (Å²) in [5.74, 6) is 0.684. The number of anilines is 1. The summed E-state index contributed by atoms with van der Waals surface area (Å²) in [6.07, 6.45) is 7.68. The van der Waals surface area contributed by atoms with Gasteiger partial charge in [0.2, 0.25) is 0 Å². The Bertz CT molecular complexity index is 468. The average molecular weight is 290 g/mol. The summed E-state index contributed by atoms with van der Waals surface area (Å²) >= 11 is 0. The molecule has 3 rings (SSSR count). The highest BCUT2D eigenvalue weighted by Gasteiger charge is 2.21. The Kier molecular flexibility index (Phi) is 4.79. The average Bonchev–Trinajstić information content (AvgIpc) is 3.02. The molecule has 116 valence electrons. The number of hydrogen-bond donors (Lipinski definition) is 1. The molecule has 2 aliphatic rings. The van der Waals surface area contributed by atoms with E-state index in [1.807, 2.05) is 12.1 Å². The van der Waals surface area contributed by atoms with Crippen LogP contribution in [0.15, 0.2) is 18.2 Å². The fraction of sp³-hybridized carbons (Fsp3) is 0.667. The lowest BCUT2D eigenvalue weighted by Gasteiger charge is -2.30. The molecule has 1 aliphatic carbocycles. The van der Waals surface area contributed by atoms with E-state index in [4.69, 9.17) is 0 Å². The lowest BCUT2D eigenvalue weighted by atomic mass is 9.86. The number of rotatable bonds is 4. The van der Waals surface area contributed by atoms with Gasteiger partial charge in [-0.3, -0.25) is 0 Å². The Morgan fingerprint density at radius 2 is 1.90 bits per heavy atom. The Morgan fingerprint density at radius 3 is 2.67 bits per heavy atom. The van der Waals surface area contributed by atoms with E-state index in [-0.39, 0.29) is 5.82 Å². The van der Waals surface area contributed by atoms with Crippen LogP contribution >= 0.6 is 0 Å². The minimum Gasteiger partial charge on any atom is -0.369 e. The van der Waals surface area contributed by atoms with Crippen molar-refractivity contribution in [1.29, 1.82) is 0 Å². The highest BCUT2D eigenvalue weighted by molar-refractivity contribution is 5.50. The number of nitrogens with zero attached hydrogens (tertiary/aromatic N) is 1. The molecule has 2 nitrogen and oxygen atoms in total. The van der Waals surface area contributed by atoms with Crippen molar-refractivity contribution in [2.24, 2.45) is 5.92 Å². The first-order valence-electron chi connectivity index (χ1n) is 8.51. The van der Waals surface area contributed by atoms with Gasteiger partial charge in [0, 0.05) is 25.7 Å². The summed E-state index contributed by atoms with van der Waals surface area (Å²) in [5.41, 5.74) is 2.00. The van der Waals surface area contributed by atoms with Crippen LogP contribution in [0.4, 0.5) is 10.1 Å². The van der Waals surface area contributed by atoms with E-state index in [1.165, 1.54) is 44.1 Å². The number of halogens is 1. The molecule has 0 bridgehead atoms. The molecular formula is C18H27FN2. The fourth-order valence-corrected chi connectivity index (χ4v) is 3.74. The SMILES string of the molecule is CC1CCCCC1NCc1ccc(F)c(N2CCCC2)c1. The summed E-state index contributed by atoms with van der Waals surface area (Å²) in [7, 11) is 0. The van der Waals surface area contributed by atoms with E-state index in [9.17, 15) is 4.39 Å². The van der Waals surface area contributed by atoms with E-state index in [0.717, 1.165) is 31.2 Å². The first kappa shape index (κ1) is 14.8. The Morgan fingerprint density at radius 1 is 1.14 bits per heavy atom. The molecule has 1 aromatic rings. The molecule has 1 aromatic carbocycles. The second-order valence-electron chi connectivity index (χ2n) is 6.73. The third-order valence-electron chi connectivity index (χ3n) is 5.14. The molecule has 0 aromatic heterocycles. The van der Waals surface area contributed by atoms with Crippen LogP contribution in [0, 0.1) is 11.7 Å². The van der Waals surface area contributed by atoms with Crippen LogP contribution < -0.4 is 10.2 Å². The third kappa shape index (κ3) is 3.57. The minimum absolute atomic E-state index is 0.0771. The molecule has 2 unspecified atom stereocenters. The summed E-state index contributed by atoms with van der Waals surface area (Å²) in [6.45, 7) is 5.19. The van der Waals surface area contributed by atoms with Gasteiger partial charge in [-0.25, -0.2) is 4.39 Å². The first-order valence-corrected chi connectivity index (χ1v) is 8.51. The lowest BCUT2D eigenvalue weighted by molar-refractivity contribution is 0.279. The quantitative estimate of drug-likeness (QED) is 0.898. The van der Waals surface area contributed by atoms with Gasteiger partial charge < -0.3 is 10.2 Å². The lowest BCUT2D eigenvalue weighted by Crippen LogP contribution is -2.36. The predicted octanol–water partition coefficient (Wildman–Crippen LogP) is 4.09. The summed E-state index contributed by atoms with van der Waals surface area (Å²) in [6, 6.07) is 6.23. The van der Waals surface area contributed by atoms with Crippen molar-refractivity contribution in [2.75, 3.05) is 18.0 Å². The van der Waals surface area contributed by atoms with Gasteiger partial charge >= 0.3 is 0 Å². The molecule has 1 saturated heterocycles. The van der Waals surface area contributed by atoms with Gasteiger partial charge in [-0.2, -0.15) is 0 Å². The standard InChI is InChI=1S/C18H27FN2/c1-14-6-2-3-7-17(14)20-13-15-8-9-16(19)18(12-15)21-10-4-5-11-21/h8-9,12,14,17,20H,2-7,10-11,13H2,1H3. The normalized spacial score (nSPS) is 26.3. The van der Waals surface area contributed by atoms with Crippen molar-refractivity contribution in [3.05, 3.63) is 29.6 Å². The van der Waals surface area contributed by atoms with Crippen molar-refractivity contribution in [3.63, 3.8) is 0 Å². The van der Waals surface area contributed by atoms with E-state index < -0.39 is 0 Å². The van der Waals surface area contributed by atoms with Crippen molar-refractivity contribution in [3.8, 4) is 0 Å².